The molecule has 0 aliphatic heterocycles. The minimum atomic E-state index is -0.866. The van der Waals surface area contributed by atoms with Crippen LogP contribution in [0.3, 0.4) is 0 Å². The lowest BCUT2D eigenvalue weighted by Gasteiger charge is -2.12. The Morgan fingerprint density at radius 3 is 1.89 bits per heavy atom. The molecule has 240 valence electrons. The molecule has 4 aromatic carbocycles. The van der Waals surface area contributed by atoms with Gasteiger partial charge < -0.3 is 24.1 Å². The summed E-state index contributed by atoms with van der Waals surface area (Å²) >= 11 is 0. The highest BCUT2D eigenvalue weighted by atomic mass is 16.6. The normalized spacial score (nSPS) is 10.8. The third-order valence-electron chi connectivity index (χ3n) is 6.99. The summed E-state index contributed by atoms with van der Waals surface area (Å²) in [6, 6.07) is 27.6. The third kappa shape index (κ3) is 9.71. The summed E-state index contributed by atoms with van der Waals surface area (Å²) in [5.74, 6) is -1.93. The molecule has 1 N–H and O–H groups in total. The van der Waals surface area contributed by atoms with Gasteiger partial charge in [-0.3, -0.25) is 0 Å². The van der Waals surface area contributed by atoms with Gasteiger partial charge in [-0.2, -0.15) is 0 Å². The van der Waals surface area contributed by atoms with Crippen LogP contribution in [0.5, 0.6) is 17.2 Å². The number of esters is 3. The van der Waals surface area contributed by atoms with Crippen molar-refractivity contribution < 1.29 is 38.4 Å². The Hall–Kier alpha value is -5.57. The second kappa shape index (κ2) is 16.7. The second-order valence-electron chi connectivity index (χ2n) is 10.6. The van der Waals surface area contributed by atoms with Gasteiger partial charge in [-0.25, -0.2) is 14.4 Å². The smallest absolute Gasteiger partial charge is 0.341 e. The summed E-state index contributed by atoms with van der Waals surface area (Å²) < 4.78 is 21.2. The number of rotatable bonds is 14. The first-order chi connectivity index (χ1) is 22.7. The van der Waals surface area contributed by atoms with E-state index in [1.807, 2.05) is 24.3 Å². The van der Waals surface area contributed by atoms with Crippen molar-refractivity contribution in [2.75, 3.05) is 20.3 Å². The molecule has 8 heteroatoms. The average Bonchev–Trinajstić information content (AvgIpc) is 3.09. The molecule has 0 bridgehead atoms. The first kappa shape index (κ1) is 34.3. The van der Waals surface area contributed by atoms with Crippen molar-refractivity contribution in [3.63, 3.8) is 0 Å². The monoisotopic (exact) mass is 632 g/mol. The van der Waals surface area contributed by atoms with E-state index < -0.39 is 24.5 Å². The number of benzene rings is 4. The van der Waals surface area contributed by atoms with E-state index in [9.17, 15) is 19.5 Å². The Balaban J connectivity index is 1.50. The fourth-order valence-electron chi connectivity index (χ4n) is 4.46. The van der Waals surface area contributed by atoms with Crippen LogP contribution in [0.4, 0.5) is 0 Å². The first-order valence-electron chi connectivity index (χ1n) is 14.9. The molecule has 0 aromatic heterocycles. The molecule has 0 unspecified atom stereocenters. The van der Waals surface area contributed by atoms with Crippen molar-refractivity contribution in [1.29, 1.82) is 0 Å². The number of methoxy groups -OCH3 is 1. The van der Waals surface area contributed by atoms with Crippen LogP contribution in [0.15, 0.2) is 121 Å². The Kier molecular flexibility index (Phi) is 12.2. The largest absolute Gasteiger partial charge is 0.423 e. The minimum Gasteiger partial charge on any atom is -0.423 e. The van der Waals surface area contributed by atoms with E-state index in [-0.39, 0.29) is 29.3 Å². The molecule has 0 aliphatic carbocycles. The van der Waals surface area contributed by atoms with Gasteiger partial charge in [-0.15, -0.1) is 0 Å². The summed E-state index contributed by atoms with van der Waals surface area (Å²) in [5.41, 5.74) is 5.60. The van der Waals surface area contributed by atoms with Crippen molar-refractivity contribution in [3.05, 3.63) is 133 Å². The maximum atomic E-state index is 12.9. The van der Waals surface area contributed by atoms with Gasteiger partial charge in [0.1, 0.15) is 5.75 Å². The zero-order valence-electron chi connectivity index (χ0n) is 26.4. The zero-order chi connectivity index (χ0) is 33.8. The first-order valence-corrected chi connectivity index (χ1v) is 14.9. The molecule has 0 amide bonds. The van der Waals surface area contributed by atoms with E-state index >= 15 is 0 Å². The van der Waals surface area contributed by atoms with E-state index in [0.717, 1.165) is 29.5 Å². The molecular weight excluding hydrogens is 596 g/mol. The predicted molar refractivity (Wildman–Crippen MR) is 181 cm³/mol. The number of ether oxygens (including phenoxy) is 4. The van der Waals surface area contributed by atoms with Gasteiger partial charge in [0.2, 0.25) is 0 Å². The molecule has 0 spiro atoms. The van der Waals surface area contributed by atoms with Crippen molar-refractivity contribution in [1.82, 2.24) is 0 Å². The number of hydrogen-bond donors (Lipinski definition) is 1. The maximum absolute atomic E-state index is 12.9. The van der Waals surface area contributed by atoms with Gasteiger partial charge in [0.25, 0.3) is 0 Å². The van der Waals surface area contributed by atoms with Crippen molar-refractivity contribution in [2.24, 2.45) is 0 Å². The van der Waals surface area contributed by atoms with E-state index in [4.69, 9.17) is 18.9 Å². The molecular formula is C39H36O8. The molecule has 47 heavy (non-hydrogen) atoms. The quantitative estimate of drug-likeness (QED) is 0.0887. The zero-order valence-corrected chi connectivity index (χ0v) is 26.4. The molecule has 0 heterocycles. The number of hydrogen-bond acceptors (Lipinski definition) is 8. The summed E-state index contributed by atoms with van der Waals surface area (Å²) in [5, 5.41) is 9.28. The van der Waals surface area contributed by atoms with Crippen molar-refractivity contribution >= 4 is 24.0 Å². The Morgan fingerprint density at radius 1 is 0.702 bits per heavy atom. The van der Waals surface area contributed by atoms with Gasteiger partial charge in [-0.1, -0.05) is 93.2 Å². The lowest BCUT2D eigenvalue weighted by molar-refractivity contribution is -0.132. The molecule has 0 atom stereocenters. The highest BCUT2D eigenvalue weighted by Crippen LogP contribution is 2.34. The highest BCUT2D eigenvalue weighted by Gasteiger charge is 2.17. The lowest BCUT2D eigenvalue weighted by Crippen LogP contribution is -2.14. The maximum Gasteiger partial charge on any atom is 0.341 e. The van der Waals surface area contributed by atoms with Gasteiger partial charge in [0.15, 0.2) is 11.5 Å². The topological polar surface area (TPSA) is 108 Å². The van der Waals surface area contributed by atoms with E-state index in [1.165, 1.54) is 30.9 Å². The molecule has 0 saturated carbocycles. The van der Waals surface area contributed by atoms with Crippen molar-refractivity contribution in [3.8, 4) is 39.5 Å². The summed E-state index contributed by atoms with van der Waals surface area (Å²) in [7, 11) is 1.46. The van der Waals surface area contributed by atoms with Gasteiger partial charge >= 0.3 is 17.9 Å². The minimum absolute atomic E-state index is 0.0236. The number of aryl methyl sites for hydroxylation is 1. The van der Waals surface area contributed by atoms with Gasteiger partial charge in [-0.05, 0) is 70.1 Å². The van der Waals surface area contributed by atoms with E-state index in [2.05, 4.69) is 44.3 Å². The number of aliphatic hydroxyl groups is 1. The van der Waals surface area contributed by atoms with Crippen LogP contribution in [0, 0.1) is 0 Å². The summed E-state index contributed by atoms with van der Waals surface area (Å²) in [6.07, 6.45) is 5.05. The Morgan fingerprint density at radius 2 is 1.28 bits per heavy atom. The molecule has 4 rings (SSSR count). The third-order valence-corrected chi connectivity index (χ3v) is 6.99. The van der Waals surface area contributed by atoms with Crippen LogP contribution in [-0.2, 0) is 25.5 Å². The van der Waals surface area contributed by atoms with Crippen LogP contribution in [0.25, 0.3) is 28.3 Å². The fraction of sp³-hybridized carbons (Fsp3) is 0.154. The molecule has 0 radical (unpaired) electrons. The number of carbonyl (C=O) groups is 3. The second-order valence-corrected chi connectivity index (χ2v) is 10.6. The van der Waals surface area contributed by atoms with E-state index in [0.29, 0.717) is 16.9 Å². The predicted octanol–water partition coefficient (Wildman–Crippen LogP) is 7.15. The lowest BCUT2D eigenvalue weighted by atomic mass is 10.0. The van der Waals surface area contributed by atoms with Crippen molar-refractivity contribution in [2.45, 2.75) is 19.8 Å². The molecule has 4 aromatic rings. The summed E-state index contributed by atoms with van der Waals surface area (Å²) in [6.45, 7) is 8.74. The summed E-state index contributed by atoms with van der Waals surface area (Å²) in [4.78, 5) is 37.4. The molecule has 0 fully saturated rings. The highest BCUT2D eigenvalue weighted by molar-refractivity contribution is 5.92. The van der Waals surface area contributed by atoms with Crippen LogP contribution < -0.4 is 14.2 Å². The SMILES string of the molecule is C=C(COC)C(=O)Oc1ccc(-c2ccc(OC(=O)C(=C)CO)c(OC(=O)/C=C/c3ccc(-c4ccc(CCC)cc4)cc3)c2)cc1. The van der Waals surface area contributed by atoms with E-state index in [1.54, 1.807) is 36.4 Å². The average molecular weight is 633 g/mol. The van der Waals surface area contributed by atoms with Crippen LogP contribution in [0.2, 0.25) is 0 Å². The fourth-order valence-corrected chi connectivity index (χ4v) is 4.46. The number of carbonyl (C=O) groups excluding carboxylic acids is 3. The van der Waals surface area contributed by atoms with Crippen LogP contribution >= 0.6 is 0 Å². The Labute approximate surface area is 274 Å². The molecule has 8 nitrogen and oxygen atoms in total. The van der Waals surface area contributed by atoms with Gasteiger partial charge in [0, 0.05) is 13.2 Å². The van der Waals surface area contributed by atoms with Crippen LogP contribution in [-0.4, -0.2) is 43.3 Å². The standard InChI is InChI=1S/C39H36O8/c1-5-6-28-7-12-30(13-8-28)31-14-9-29(10-15-31)11-22-37(41)46-36-23-33(18-21-35(36)47-38(42)26(2)24-40)32-16-19-34(20-17-32)45-39(43)27(3)25-44-4/h7-23,40H,2-3,5-6,24-25H2,1,4H3/b22-11+. The molecule has 0 saturated heterocycles. The Bertz CT molecular complexity index is 1770. The van der Waals surface area contributed by atoms with Crippen LogP contribution in [0.1, 0.15) is 24.5 Å². The van der Waals surface area contributed by atoms with Gasteiger partial charge in [0.05, 0.1) is 24.4 Å². The number of aliphatic hydroxyl groups excluding tert-OH is 1. The molecule has 0 aliphatic rings.